The molecule has 0 rings (SSSR count). The molecule has 0 aromatic heterocycles. The van der Waals surface area contributed by atoms with E-state index in [9.17, 15) is 59.0 Å². The van der Waals surface area contributed by atoms with Crippen molar-refractivity contribution in [3.63, 3.8) is 0 Å². The molecule has 0 aliphatic carbocycles. The van der Waals surface area contributed by atoms with Crippen LogP contribution in [0, 0.1) is 0 Å². The SMILES string of the molecule is CCCCCCCCCCCCCCCCCCC(O)CC(CCCCCCCCCCC=S)(CC(O)CCCCCCCCCCCCCCCCCC)OP(=O)(O)OP(=O)(O)OP(=O)(O)OC[C@@H](O)[C@@H](O)[C@H](O)[C@H](O)CO. The molecule has 5 unspecified atom stereocenters. The summed E-state index contributed by atoms with van der Waals surface area (Å²) in [5.74, 6) is 0. The third kappa shape index (κ3) is 48.1. The summed E-state index contributed by atoms with van der Waals surface area (Å²) < 4.78 is 59.0. The summed E-state index contributed by atoms with van der Waals surface area (Å²) in [5, 5.41) is 73.6. The molecule has 0 saturated carbocycles. The van der Waals surface area contributed by atoms with Crippen molar-refractivity contribution in [3.8, 4) is 0 Å². The minimum absolute atomic E-state index is 0.0663. The van der Waals surface area contributed by atoms with E-state index in [0.29, 0.717) is 38.5 Å². The Morgan fingerprint density at radius 1 is 0.418 bits per heavy atom. The number of hydrogen-bond acceptors (Lipinski definition) is 15. The molecule has 0 radical (unpaired) electrons. The fourth-order valence-corrected chi connectivity index (χ4v) is 14.5. The van der Waals surface area contributed by atoms with E-state index < -0.39 is 78.9 Å². The first-order chi connectivity index (χ1) is 37.8. The van der Waals surface area contributed by atoms with Crippen LogP contribution in [0.3, 0.4) is 0 Å². The van der Waals surface area contributed by atoms with Crippen molar-refractivity contribution >= 4 is 41.1 Å². The maximum absolute atomic E-state index is 13.9. The Morgan fingerprint density at radius 2 is 0.722 bits per heavy atom. The summed E-state index contributed by atoms with van der Waals surface area (Å²) in [7, 11) is -17.5. The average Bonchev–Trinajstić information content (AvgIpc) is 3.39. The summed E-state index contributed by atoms with van der Waals surface area (Å²) in [6.45, 7) is 2.16. The van der Waals surface area contributed by atoms with Crippen molar-refractivity contribution in [3.05, 3.63) is 0 Å². The molecule has 0 fully saturated rings. The highest BCUT2D eigenvalue weighted by atomic mass is 32.1. The Labute approximate surface area is 485 Å². The van der Waals surface area contributed by atoms with Crippen molar-refractivity contribution in [2.75, 3.05) is 13.2 Å². The quantitative estimate of drug-likeness (QED) is 0.0154. The van der Waals surface area contributed by atoms with Gasteiger partial charge in [0.15, 0.2) is 0 Å². The standard InChI is InChI=1S/C58H119O17P3S/c1-3-5-7-9-11-13-15-17-19-21-23-25-28-32-36-40-44-52(60)48-58(46-42-38-34-30-27-31-35-39-43-47-79,49-53(61)45-41-37-33-29-26-24-22-20-18-16-14-12-10-8-6-4-2)73-77(68,69)75-78(70,71)74-76(66,67)72-51-55(63)57(65)56(64)54(62)50-59/h47,52-57,59-65H,3-46,48-51H2,1-2H3,(H,66,67)(H,68,69)(H,70,71)/t52?,53?,54-,55-,56-,57-,58?/m1/s1. The zero-order valence-corrected chi connectivity index (χ0v) is 53.1. The summed E-state index contributed by atoms with van der Waals surface area (Å²) >= 11 is 4.94. The second-order valence-electron chi connectivity index (χ2n) is 22.9. The molecule has 0 bridgehead atoms. The van der Waals surface area contributed by atoms with E-state index in [1.807, 2.05) is 0 Å². The van der Waals surface area contributed by atoms with Gasteiger partial charge in [-0.15, -0.1) is 0 Å². The van der Waals surface area contributed by atoms with Crippen molar-refractivity contribution in [2.24, 2.45) is 0 Å². The molecule has 0 aromatic rings. The Balaban J connectivity index is 5.91. The van der Waals surface area contributed by atoms with Crippen LogP contribution >= 0.6 is 35.7 Å². The highest BCUT2D eigenvalue weighted by molar-refractivity contribution is 7.78. The highest BCUT2D eigenvalue weighted by Gasteiger charge is 2.48. The average molecular weight is 1210 g/mol. The zero-order valence-electron chi connectivity index (χ0n) is 49.6. The van der Waals surface area contributed by atoms with Gasteiger partial charge in [-0.05, 0) is 37.5 Å². The van der Waals surface area contributed by atoms with Crippen LogP contribution in [-0.4, -0.2) is 111 Å². The van der Waals surface area contributed by atoms with Crippen molar-refractivity contribution < 1.29 is 81.8 Å². The molecule has 474 valence electrons. The zero-order chi connectivity index (χ0) is 58.9. The van der Waals surface area contributed by atoms with Crippen molar-refractivity contribution in [1.82, 2.24) is 0 Å². The van der Waals surface area contributed by atoms with Crippen LogP contribution in [0.5, 0.6) is 0 Å². The molecule has 0 aromatic carbocycles. The maximum Gasteiger partial charge on any atom is 0.490 e. The van der Waals surface area contributed by atoms with E-state index in [0.717, 1.165) is 96.3 Å². The monoisotopic (exact) mass is 1210 g/mol. The van der Waals surface area contributed by atoms with Crippen molar-refractivity contribution in [1.29, 1.82) is 0 Å². The van der Waals surface area contributed by atoms with Crippen LogP contribution < -0.4 is 0 Å². The number of phosphoric acid groups is 3. The number of aliphatic hydroxyl groups excluding tert-OH is 7. The summed E-state index contributed by atoms with van der Waals surface area (Å²) in [6, 6.07) is 0. The Morgan fingerprint density at radius 3 is 1.06 bits per heavy atom. The normalized spacial score (nSPS) is 17.5. The molecule has 0 spiro atoms. The van der Waals surface area contributed by atoms with Gasteiger partial charge >= 0.3 is 23.5 Å². The van der Waals surface area contributed by atoms with Crippen LogP contribution in [0.15, 0.2) is 0 Å². The molecule has 0 aliphatic heterocycles. The number of phosphoric ester groups is 2. The molecule has 21 heteroatoms. The van der Waals surface area contributed by atoms with Crippen LogP contribution in [0.4, 0.5) is 0 Å². The molecule has 10 N–H and O–H groups in total. The summed E-state index contributed by atoms with van der Waals surface area (Å²) in [4.78, 5) is 32.0. The lowest BCUT2D eigenvalue weighted by Gasteiger charge is -2.38. The molecule has 0 amide bonds. The van der Waals surface area contributed by atoms with Gasteiger partial charge in [0.1, 0.15) is 24.4 Å². The van der Waals surface area contributed by atoms with E-state index >= 15 is 0 Å². The smallest absolute Gasteiger partial charge is 0.394 e. The predicted octanol–water partition coefficient (Wildman–Crippen LogP) is 15.2. The number of unbranched alkanes of at least 4 members (excludes halogenated alkanes) is 38. The van der Waals surface area contributed by atoms with Gasteiger partial charge in [0.2, 0.25) is 0 Å². The minimum atomic E-state index is -6.04. The van der Waals surface area contributed by atoms with E-state index in [-0.39, 0.29) is 19.3 Å². The molecule has 9 atom stereocenters. The van der Waals surface area contributed by atoms with Crippen molar-refractivity contribution in [2.45, 2.75) is 351 Å². The van der Waals surface area contributed by atoms with Gasteiger partial charge < -0.3 is 50.4 Å². The third-order valence-electron chi connectivity index (χ3n) is 15.2. The van der Waals surface area contributed by atoms with Crippen LogP contribution in [0.2, 0.25) is 0 Å². The second kappa shape index (κ2) is 51.4. The van der Waals surface area contributed by atoms with Crippen LogP contribution in [0.1, 0.15) is 309 Å². The number of thiocarbonyl (C=S) groups is 1. The maximum atomic E-state index is 13.9. The van der Waals surface area contributed by atoms with Crippen LogP contribution in [0.25, 0.3) is 0 Å². The number of hydrogen-bond donors (Lipinski definition) is 10. The van der Waals surface area contributed by atoms with Gasteiger partial charge in [-0.1, -0.05) is 276 Å². The van der Waals surface area contributed by atoms with Gasteiger partial charge in [-0.3, -0.25) is 9.05 Å². The Hall–Kier alpha value is 0.220. The lowest BCUT2D eigenvalue weighted by atomic mass is 9.83. The van der Waals surface area contributed by atoms with Gasteiger partial charge in [-0.25, -0.2) is 13.7 Å². The molecule has 0 saturated heterocycles. The molecule has 17 nitrogen and oxygen atoms in total. The van der Waals surface area contributed by atoms with E-state index in [1.54, 1.807) is 5.37 Å². The number of aliphatic hydroxyl groups is 7. The first-order valence-corrected chi connectivity index (χ1v) is 36.6. The molecular weight excluding hydrogens is 1090 g/mol. The van der Waals surface area contributed by atoms with Crippen LogP contribution in [-0.2, 0) is 31.4 Å². The molecular formula is C58H119O17P3S. The Kier molecular flexibility index (Phi) is 51.6. The largest absolute Gasteiger partial charge is 0.490 e. The fraction of sp³-hybridized carbons (Fsp3) is 0.983. The van der Waals surface area contributed by atoms with E-state index in [2.05, 4.69) is 27.0 Å². The van der Waals surface area contributed by atoms with Gasteiger partial charge in [0.25, 0.3) is 0 Å². The Bertz CT molecular complexity index is 1490. The summed E-state index contributed by atoms with van der Waals surface area (Å²) in [6.07, 6.45) is 35.9. The molecule has 0 aliphatic rings. The van der Waals surface area contributed by atoms with Gasteiger partial charge in [0, 0.05) is 12.8 Å². The predicted molar refractivity (Wildman–Crippen MR) is 322 cm³/mol. The minimum Gasteiger partial charge on any atom is -0.394 e. The molecule has 79 heavy (non-hydrogen) atoms. The lowest BCUT2D eigenvalue weighted by molar-refractivity contribution is -0.122. The van der Waals surface area contributed by atoms with Gasteiger partial charge in [-0.2, -0.15) is 8.62 Å². The number of rotatable bonds is 62. The third-order valence-corrected chi connectivity index (χ3v) is 19.8. The van der Waals surface area contributed by atoms with E-state index in [1.165, 1.54) is 141 Å². The first-order valence-electron chi connectivity index (χ1n) is 31.7. The lowest BCUT2D eigenvalue weighted by Crippen LogP contribution is -2.47. The molecule has 0 heterocycles. The fourth-order valence-electron chi connectivity index (χ4n) is 10.5. The van der Waals surface area contributed by atoms with Gasteiger partial charge in [0.05, 0.1) is 31.0 Å². The first kappa shape index (κ1) is 79.2. The second-order valence-corrected chi connectivity index (χ2v) is 27.8. The highest BCUT2D eigenvalue weighted by Crippen LogP contribution is 2.69. The topological polar surface area (TPSA) is 290 Å². The summed E-state index contributed by atoms with van der Waals surface area (Å²) in [5.41, 5.74) is -1.76. The van der Waals surface area contributed by atoms with E-state index in [4.69, 9.17) is 21.8 Å².